The van der Waals surface area contributed by atoms with Gasteiger partial charge in [-0.05, 0) is 32.4 Å². The van der Waals surface area contributed by atoms with Gasteiger partial charge in [-0.15, -0.1) is 0 Å². The molecule has 2 N–H and O–H groups in total. The number of rotatable bonds is 5. The summed E-state index contributed by atoms with van der Waals surface area (Å²) < 4.78 is 5.49. The molecule has 1 unspecified atom stereocenters. The summed E-state index contributed by atoms with van der Waals surface area (Å²) in [6.45, 7) is 7.26. The molecule has 1 aliphatic heterocycles. The van der Waals surface area contributed by atoms with E-state index < -0.39 is 0 Å². The predicted octanol–water partition coefficient (Wildman–Crippen LogP) is 1.94. The van der Waals surface area contributed by atoms with Crippen molar-refractivity contribution in [3.8, 4) is 5.75 Å². The number of likely N-dealkylation sites (N-methyl/N-ethyl adjacent to an activating group) is 1. The van der Waals surface area contributed by atoms with E-state index in [2.05, 4.69) is 36.8 Å². The van der Waals surface area contributed by atoms with Crippen molar-refractivity contribution in [3.63, 3.8) is 0 Å². The summed E-state index contributed by atoms with van der Waals surface area (Å²) in [7, 11) is 3.85. The number of nitrogens with two attached hydrogens (primary N) is 1. The van der Waals surface area contributed by atoms with Crippen LogP contribution in [-0.2, 0) is 0 Å². The van der Waals surface area contributed by atoms with Gasteiger partial charge < -0.3 is 15.4 Å². The maximum absolute atomic E-state index is 6.15. The van der Waals surface area contributed by atoms with Crippen molar-refractivity contribution in [2.45, 2.75) is 31.8 Å². The Morgan fingerprint density at radius 1 is 1.40 bits per heavy atom. The van der Waals surface area contributed by atoms with E-state index in [1.807, 2.05) is 18.2 Å². The third-order valence-electron chi connectivity index (χ3n) is 4.63. The summed E-state index contributed by atoms with van der Waals surface area (Å²) in [5.41, 5.74) is 7.27. The molecule has 1 saturated heterocycles. The molecule has 1 aliphatic rings. The fourth-order valence-corrected chi connectivity index (χ4v) is 3.07. The molecular weight excluding hydrogens is 250 g/mol. The highest BCUT2D eigenvalue weighted by Crippen LogP contribution is 2.36. The molecule has 0 bridgehead atoms. The van der Waals surface area contributed by atoms with E-state index in [1.165, 1.54) is 0 Å². The average molecular weight is 277 g/mol. The number of benzene rings is 1. The van der Waals surface area contributed by atoms with Crippen LogP contribution < -0.4 is 15.4 Å². The van der Waals surface area contributed by atoms with Crippen LogP contribution in [0.15, 0.2) is 24.3 Å². The molecule has 4 heteroatoms. The molecule has 1 aromatic carbocycles. The van der Waals surface area contributed by atoms with Gasteiger partial charge in [0.15, 0.2) is 0 Å². The molecule has 1 atom stereocenters. The van der Waals surface area contributed by atoms with Crippen molar-refractivity contribution in [1.82, 2.24) is 4.90 Å². The SMILES string of the molecule is COc1ccccc1N(C)C1(CN)CCN(C(C)C)C1. The summed E-state index contributed by atoms with van der Waals surface area (Å²) in [6, 6.07) is 8.72. The first-order valence-electron chi connectivity index (χ1n) is 7.35. The van der Waals surface area contributed by atoms with Crippen molar-refractivity contribution < 1.29 is 4.74 Å². The maximum atomic E-state index is 6.15. The molecular formula is C16H27N3O. The number of nitrogens with zero attached hydrogens (tertiary/aromatic N) is 2. The number of likely N-dealkylation sites (tertiary alicyclic amines) is 1. The number of anilines is 1. The summed E-state index contributed by atoms with van der Waals surface area (Å²) in [5.74, 6) is 0.908. The third-order valence-corrected chi connectivity index (χ3v) is 4.63. The fraction of sp³-hybridized carbons (Fsp3) is 0.625. The van der Waals surface area contributed by atoms with E-state index in [0.29, 0.717) is 12.6 Å². The Kier molecular flexibility index (Phi) is 4.55. The van der Waals surface area contributed by atoms with Crippen molar-refractivity contribution in [3.05, 3.63) is 24.3 Å². The topological polar surface area (TPSA) is 41.7 Å². The van der Waals surface area contributed by atoms with Crippen LogP contribution in [0, 0.1) is 0 Å². The minimum absolute atomic E-state index is 0.00109. The molecule has 0 aromatic heterocycles. The standard InChI is InChI=1S/C16H27N3O/c1-13(2)19-10-9-16(11-17,12-19)18(3)14-7-5-6-8-15(14)20-4/h5-8,13H,9-12,17H2,1-4H3. The third kappa shape index (κ3) is 2.63. The number of hydrogen-bond donors (Lipinski definition) is 1. The van der Waals surface area contributed by atoms with Crippen LogP contribution in [0.2, 0.25) is 0 Å². The Bertz CT molecular complexity index is 449. The molecule has 1 aromatic rings. The molecule has 1 heterocycles. The Balaban J connectivity index is 2.28. The lowest BCUT2D eigenvalue weighted by Gasteiger charge is -2.40. The number of methoxy groups -OCH3 is 1. The zero-order chi connectivity index (χ0) is 14.8. The zero-order valence-corrected chi connectivity index (χ0v) is 13.1. The highest BCUT2D eigenvalue weighted by Gasteiger charge is 2.41. The first kappa shape index (κ1) is 15.1. The predicted molar refractivity (Wildman–Crippen MR) is 84.5 cm³/mol. The van der Waals surface area contributed by atoms with Crippen LogP contribution >= 0.6 is 0 Å². The smallest absolute Gasteiger partial charge is 0.142 e. The maximum Gasteiger partial charge on any atom is 0.142 e. The average Bonchev–Trinajstić information content (AvgIpc) is 2.92. The first-order chi connectivity index (χ1) is 9.54. The van der Waals surface area contributed by atoms with E-state index in [0.717, 1.165) is 30.9 Å². The lowest BCUT2D eigenvalue weighted by molar-refractivity contribution is 0.255. The number of para-hydroxylation sites is 2. The highest BCUT2D eigenvalue weighted by molar-refractivity contribution is 5.60. The molecule has 2 rings (SSSR count). The Morgan fingerprint density at radius 3 is 2.65 bits per heavy atom. The van der Waals surface area contributed by atoms with E-state index in [4.69, 9.17) is 10.5 Å². The second kappa shape index (κ2) is 6.02. The highest BCUT2D eigenvalue weighted by atomic mass is 16.5. The van der Waals surface area contributed by atoms with Gasteiger partial charge in [0.2, 0.25) is 0 Å². The molecule has 4 nitrogen and oxygen atoms in total. The molecule has 20 heavy (non-hydrogen) atoms. The lowest BCUT2D eigenvalue weighted by Crippen LogP contribution is -2.54. The van der Waals surface area contributed by atoms with Crippen LogP contribution in [0.4, 0.5) is 5.69 Å². The van der Waals surface area contributed by atoms with Crippen LogP contribution in [0.1, 0.15) is 20.3 Å². The summed E-state index contributed by atoms with van der Waals surface area (Å²) in [6.07, 6.45) is 1.09. The van der Waals surface area contributed by atoms with Crippen LogP contribution in [0.3, 0.4) is 0 Å². The molecule has 112 valence electrons. The zero-order valence-electron chi connectivity index (χ0n) is 13.1. The Hall–Kier alpha value is -1.26. The van der Waals surface area contributed by atoms with E-state index in [1.54, 1.807) is 7.11 Å². The molecule has 0 aliphatic carbocycles. The summed E-state index contributed by atoms with van der Waals surface area (Å²) in [4.78, 5) is 4.81. The van der Waals surface area contributed by atoms with E-state index in [9.17, 15) is 0 Å². The van der Waals surface area contributed by atoms with Gasteiger partial charge in [0, 0.05) is 32.7 Å². The molecule has 1 fully saturated rings. The van der Waals surface area contributed by atoms with Crippen LogP contribution in [0.5, 0.6) is 5.75 Å². The number of hydrogen-bond acceptors (Lipinski definition) is 4. The van der Waals surface area contributed by atoms with Gasteiger partial charge >= 0.3 is 0 Å². The van der Waals surface area contributed by atoms with Crippen molar-refractivity contribution in [1.29, 1.82) is 0 Å². The van der Waals surface area contributed by atoms with E-state index in [-0.39, 0.29) is 5.54 Å². The van der Waals surface area contributed by atoms with Gasteiger partial charge in [-0.2, -0.15) is 0 Å². The van der Waals surface area contributed by atoms with Crippen molar-refractivity contribution >= 4 is 5.69 Å². The Morgan fingerprint density at radius 2 is 2.10 bits per heavy atom. The molecule has 0 spiro atoms. The van der Waals surface area contributed by atoms with Crippen LogP contribution in [-0.4, -0.2) is 50.3 Å². The van der Waals surface area contributed by atoms with Gasteiger partial charge in [-0.25, -0.2) is 0 Å². The van der Waals surface area contributed by atoms with E-state index >= 15 is 0 Å². The number of ether oxygens (including phenoxy) is 1. The Labute approximate surface area is 122 Å². The quantitative estimate of drug-likeness (QED) is 0.893. The lowest BCUT2D eigenvalue weighted by atomic mass is 9.95. The van der Waals surface area contributed by atoms with Gasteiger partial charge in [0.25, 0.3) is 0 Å². The first-order valence-corrected chi connectivity index (χ1v) is 7.35. The second-order valence-corrected chi connectivity index (χ2v) is 5.97. The normalized spacial score (nSPS) is 23.3. The molecule has 0 amide bonds. The van der Waals surface area contributed by atoms with Gasteiger partial charge in [0.1, 0.15) is 5.75 Å². The van der Waals surface area contributed by atoms with Gasteiger partial charge in [-0.3, -0.25) is 4.90 Å². The van der Waals surface area contributed by atoms with Gasteiger partial charge in [-0.1, -0.05) is 12.1 Å². The fourth-order valence-electron chi connectivity index (χ4n) is 3.07. The molecule has 0 radical (unpaired) electrons. The summed E-state index contributed by atoms with van der Waals surface area (Å²) in [5, 5.41) is 0. The minimum Gasteiger partial charge on any atom is -0.495 e. The monoisotopic (exact) mass is 277 g/mol. The minimum atomic E-state index is -0.00109. The second-order valence-electron chi connectivity index (χ2n) is 5.97. The largest absolute Gasteiger partial charge is 0.495 e. The molecule has 0 saturated carbocycles. The van der Waals surface area contributed by atoms with Crippen molar-refractivity contribution in [2.24, 2.45) is 5.73 Å². The van der Waals surface area contributed by atoms with Crippen molar-refractivity contribution in [2.75, 3.05) is 38.7 Å². The summed E-state index contributed by atoms with van der Waals surface area (Å²) >= 11 is 0. The van der Waals surface area contributed by atoms with Gasteiger partial charge in [0.05, 0.1) is 18.3 Å². The van der Waals surface area contributed by atoms with Crippen LogP contribution in [0.25, 0.3) is 0 Å².